The lowest BCUT2D eigenvalue weighted by Crippen LogP contribution is -2.13. The first-order valence-corrected chi connectivity index (χ1v) is 6.03. The molecule has 0 bridgehead atoms. The molecule has 0 unspecified atom stereocenters. The van der Waals surface area contributed by atoms with Crippen LogP contribution >= 0.6 is 0 Å². The summed E-state index contributed by atoms with van der Waals surface area (Å²) < 4.78 is 37.2. The zero-order valence-electron chi connectivity index (χ0n) is 10.2. The minimum atomic E-state index is -4.30. The standard InChI is InChI=1S/C14H13F3N2/c15-14(16,17)12-6-4-10(5-7-12)9-19-13-3-1-2-11(13)8-18/h4-7,19H,1-3,9H2. The number of rotatable bonds is 3. The highest BCUT2D eigenvalue weighted by atomic mass is 19.4. The molecule has 5 heteroatoms. The quantitative estimate of drug-likeness (QED) is 0.904. The van der Waals surface area contributed by atoms with Crippen molar-refractivity contribution in [2.24, 2.45) is 0 Å². The normalized spacial score (nSPS) is 15.5. The lowest BCUT2D eigenvalue weighted by molar-refractivity contribution is -0.137. The van der Waals surface area contributed by atoms with Crippen molar-refractivity contribution in [3.63, 3.8) is 0 Å². The number of benzene rings is 1. The maximum Gasteiger partial charge on any atom is 0.416 e. The number of nitrogens with one attached hydrogen (secondary N) is 1. The van der Waals surface area contributed by atoms with E-state index in [0.29, 0.717) is 6.54 Å². The molecule has 0 aliphatic heterocycles. The average Bonchev–Trinajstić information content (AvgIpc) is 2.83. The lowest BCUT2D eigenvalue weighted by Gasteiger charge is -2.10. The Labute approximate surface area is 109 Å². The molecule has 0 fully saturated rings. The van der Waals surface area contributed by atoms with Crippen molar-refractivity contribution in [2.75, 3.05) is 0 Å². The Bertz CT molecular complexity index is 521. The van der Waals surface area contributed by atoms with E-state index in [1.165, 1.54) is 12.1 Å². The molecule has 0 heterocycles. The third kappa shape index (κ3) is 3.28. The van der Waals surface area contributed by atoms with Crippen LogP contribution in [0.5, 0.6) is 0 Å². The maximum absolute atomic E-state index is 12.4. The molecular weight excluding hydrogens is 253 g/mol. The monoisotopic (exact) mass is 266 g/mol. The number of alkyl halides is 3. The van der Waals surface area contributed by atoms with Crippen molar-refractivity contribution in [2.45, 2.75) is 32.0 Å². The second-order valence-electron chi connectivity index (χ2n) is 4.47. The zero-order chi connectivity index (χ0) is 13.9. The van der Waals surface area contributed by atoms with Gasteiger partial charge in [-0.15, -0.1) is 0 Å². The SMILES string of the molecule is N#CC1=C(NCc2ccc(C(F)(F)F)cc2)CCC1. The summed E-state index contributed by atoms with van der Waals surface area (Å²) in [5.74, 6) is 0. The van der Waals surface area contributed by atoms with Crippen LogP contribution in [-0.4, -0.2) is 0 Å². The predicted octanol–water partition coefficient (Wildman–Crippen LogP) is 3.76. The van der Waals surface area contributed by atoms with Crippen molar-refractivity contribution >= 4 is 0 Å². The summed E-state index contributed by atoms with van der Waals surface area (Å²) in [7, 11) is 0. The molecule has 2 rings (SSSR count). The Balaban J connectivity index is 2.00. The van der Waals surface area contributed by atoms with Gasteiger partial charge >= 0.3 is 6.18 Å². The van der Waals surface area contributed by atoms with Crippen LogP contribution in [0.4, 0.5) is 13.2 Å². The van der Waals surface area contributed by atoms with Crippen LogP contribution in [-0.2, 0) is 12.7 Å². The van der Waals surface area contributed by atoms with Crippen molar-refractivity contribution in [3.8, 4) is 6.07 Å². The molecule has 0 atom stereocenters. The Morgan fingerprint density at radius 3 is 2.42 bits per heavy atom. The van der Waals surface area contributed by atoms with Gasteiger partial charge in [-0.3, -0.25) is 0 Å². The van der Waals surface area contributed by atoms with E-state index in [1.807, 2.05) is 0 Å². The van der Waals surface area contributed by atoms with Gasteiger partial charge in [0.2, 0.25) is 0 Å². The summed E-state index contributed by atoms with van der Waals surface area (Å²) in [5.41, 5.74) is 1.80. The third-order valence-corrected chi connectivity index (χ3v) is 3.14. The topological polar surface area (TPSA) is 35.8 Å². The van der Waals surface area contributed by atoms with Gasteiger partial charge < -0.3 is 5.32 Å². The highest BCUT2D eigenvalue weighted by Crippen LogP contribution is 2.29. The molecule has 1 aliphatic rings. The first-order valence-electron chi connectivity index (χ1n) is 6.03. The van der Waals surface area contributed by atoms with Gasteiger partial charge in [0.05, 0.1) is 11.6 Å². The molecular formula is C14H13F3N2. The fourth-order valence-electron chi connectivity index (χ4n) is 2.08. The number of nitrogens with zero attached hydrogens (tertiary/aromatic N) is 1. The Kier molecular flexibility index (Phi) is 3.79. The Morgan fingerprint density at radius 1 is 1.16 bits per heavy atom. The molecule has 0 saturated heterocycles. The molecule has 1 aromatic rings. The molecule has 19 heavy (non-hydrogen) atoms. The first-order chi connectivity index (χ1) is 9.00. The van der Waals surface area contributed by atoms with Crippen molar-refractivity contribution in [3.05, 3.63) is 46.7 Å². The van der Waals surface area contributed by atoms with Gasteiger partial charge in [-0.25, -0.2) is 0 Å². The number of halogens is 3. The number of allylic oxidation sites excluding steroid dienone is 2. The molecule has 0 radical (unpaired) electrons. The van der Waals surface area contributed by atoms with E-state index in [0.717, 1.165) is 48.2 Å². The van der Waals surface area contributed by atoms with Crippen LogP contribution in [0.1, 0.15) is 30.4 Å². The van der Waals surface area contributed by atoms with Crippen molar-refractivity contribution < 1.29 is 13.2 Å². The van der Waals surface area contributed by atoms with E-state index >= 15 is 0 Å². The van der Waals surface area contributed by atoms with Crippen LogP contribution in [0.25, 0.3) is 0 Å². The summed E-state index contributed by atoms with van der Waals surface area (Å²) in [5, 5.41) is 12.0. The Morgan fingerprint density at radius 2 is 1.84 bits per heavy atom. The van der Waals surface area contributed by atoms with Crippen LogP contribution in [0, 0.1) is 11.3 Å². The van der Waals surface area contributed by atoms with E-state index in [1.54, 1.807) is 0 Å². The summed E-state index contributed by atoms with van der Waals surface area (Å²) in [6, 6.07) is 7.21. The van der Waals surface area contributed by atoms with Crippen LogP contribution < -0.4 is 5.32 Å². The fraction of sp³-hybridized carbons (Fsp3) is 0.357. The van der Waals surface area contributed by atoms with E-state index < -0.39 is 11.7 Å². The fourth-order valence-corrected chi connectivity index (χ4v) is 2.08. The van der Waals surface area contributed by atoms with E-state index in [2.05, 4.69) is 11.4 Å². The van der Waals surface area contributed by atoms with Gasteiger partial charge in [-0.2, -0.15) is 18.4 Å². The van der Waals surface area contributed by atoms with Gasteiger partial charge in [0.25, 0.3) is 0 Å². The summed E-state index contributed by atoms with van der Waals surface area (Å²) in [6.07, 6.45) is -1.72. The highest BCUT2D eigenvalue weighted by molar-refractivity contribution is 5.31. The van der Waals surface area contributed by atoms with Crippen LogP contribution in [0.15, 0.2) is 35.5 Å². The minimum absolute atomic E-state index is 0.443. The average molecular weight is 266 g/mol. The molecule has 0 saturated carbocycles. The maximum atomic E-state index is 12.4. The Hall–Kier alpha value is -1.96. The number of hydrogen-bond donors (Lipinski definition) is 1. The predicted molar refractivity (Wildman–Crippen MR) is 64.8 cm³/mol. The van der Waals surface area contributed by atoms with Crippen molar-refractivity contribution in [1.29, 1.82) is 5.26 Å². The lowest BCUT2D eigenvalue weighted by atomic mass is 10.1. The van der Waals surface area contributed by atoms with Gasteiger partial charge in [0, 0.05) is 17.8 Å². The molecule has 1 aliphatic carbocycles. The number of nitriles is 1. The summed E-state index contributed by atoms with van der Waals surface area (Å²) >= 11 is 0. The summed E-state index contributed by atoms with van der Waals surface area (Å²) in [6.45, 7) is 0.443. The van der Waals surface area contributed by atoms with Gasteiger partial charge in [0.1, 0.15) is 0 Å². The van der Waals surface area contributed by atoms with Gasteiger partial charge in [0.15, 0.2) is 0 Å². The second kappa shape index (κ2) is 5.35. The third-order valence-electron chi connectivity index (χ3n) is 3.14. The molecule has 2 nitrogen and oxygen atoms in total. The van der Waals surface area contributed by atoms with Crippen LogP contribution in [0.3, 0.4) is 0 Å². The summed E-state index contributed by atoms with van der Waals surface area (Å²) in [4.78, 5) is 0. The molecule has 1 N–H and O–H groups in total. The number of hydrogen-bond acceptors (Lipinski definition) is 2. The van der Waals surface area contributed by atoms with E-state index in [4.69, 9.17) is 5.26 Å². The molecule has 0 spiro atoms. The smallest absolute Gasteiger partial charge is 0.383 e. The molecule has 1 aromatic carbocycles. The van der Waals surface area contributed by atoms with Crippen LogP contribution in [0.2, 0.25) is 0 Å². The first kappa shape index (κ1) is 13.5. The minimum Gasteiger partial charge on any atom is -0.383 e. The van der Waals surface area contributed by atoms with E-state index in [-0.39, 0.29) is 0 Å². The van der Waals surface area contributed by atoms with E-state index in [9.17, 15) is 13.2 Å². The highest BCUT2D eigenvalue weighted by Gasteiger charge is 2.29. The largest absolute Gasteiger partial charge is 0.416 e. The molecule has 0 aromatic heterocycles. The second-order valence-corrected chi connectivity index (χ2v) is 4.47. The molecule has 100 valence electrons. The van der Waals surface area contributed by atoms with Gasteiger partial charge in [-0.05, 0) is 37.0 Å². The van der Waals surface area contributed by atoms with Crippen molar-refractivity contribution in [1.82, 2.24) is 5.32 Å². The zero-order valence-corrected chi connectivity index (χ0v) is 10.2. The molecule has 0 amide bonds. The van der Waals surface area contributed by atoms with Gasteiger partial charge in [-0.1, -0.05) is 12.1 Å².